The Labute approximate surface area is 82.5 Å². The molecule has 2 N–H and O–H groups in total. The molecule has 0 radical (unpaired) electrons. The molecule has 0 aliphatic rings. The number of nitrogen functional groups attached to an aromatic ring is 1. The first-order valence-corrected chi connectivity index (χ1v) is 4.07. The fraction of sp³-hybridized carbons (Fsp3) is 0.250. The summed E-state index contributed by atoms with van der Waals surface area (Å²) in [6.45, 7) is 1.33. The van der Waals surface area contributed by atoms with Gasteiger partial charge >= 0.3 is 6.18 Å². The molecule has 0 aliphatic carbocycles. The van der Waals surface area contributed by atoms with E-state index < -0.39 is 11.9 Å². The summed E-state index contributed by atoms with van der Waals surface area (Å²) in [6, 6.07) is 1.29. The van der Waals surface area contributed by atoms with Crippen molar-refractivity contribution in [3.63, 3.8) is 0 Å². The molecule has 0 bridgehead atoms. The molecule has 0 aliphatic heterocycles. The predicted octanol–water partition coefficient (Wildman–Crippen LogP) is 1.64. The van der Waals surface area contributed by atoms with Gasteiger partial charge < -0.3 is 5.73 Å². The van der Waals surface area contributed by atoms with Crippen molar-refractivity contribution in [2.24, 2.45) is 0 Å². The second-order valence-corrected chi connectivity index (χ2v) is 3.13. The number of hydrogen-bond acceptors (Lipinski definition) is 3. The second kappa shape index (κ2) is 2.85. The number of anilines is 1. The molecule has 4 nitrogen and oxygen atoms in total. The summed E-state index contributed by atoms with van der Waals surface area (Å²) in [7, 11) is 0. The Morgan fingerprint density at radius 3 is 2.67 bits per heavy atom. The Morgan fingerprint density at radius 2 is 2.07 bits per heavy atom. The molecule has 7 heteroatoms. The molecule has 0 aromatic carbocycles. The highest BCUT2D eigenvalue weighted by molar-refractivity contribution is 5.49. The van der Waals surface area contributed by atoms with Gasteiger partial charge in [-0.2, -0.15) is 13.2 Å². The third-order valence-electron chi connectivity index (χ3n) is 1.95. The molecule has 2 aromatic rings. The average Bonchev–Trinajstić information content (AvgIpc) is 2.41. The van der Waals surface area contributed by atoms with E-state index in [2.05, 4.69) is 10.1 Å². The predicted molar refractivity (Wildman–Crippen MR) is 47.1 cm³/mol. The van der Waals surface area contributed by atoms with E-state index in [-0.39, 0.29) is 17.0 Å². The van der Waals surface area contributed by atoms with Crippen LogP contribution in [0.5, 0.6) is 0 Å². The van der Waals surface area contributed by atoms with E-state index in [4.69, 9.17) is 5.73 Å². The minimum absolute atomic E-state index is 0.0121. The third kappa shape index (κ3) is 1.49. The van der Waals surface area contributed by atoms with Crippen molar-refractivity contribution in [1.82, 2.24) is 14.6 Å². The van der Waals surface area contributed by atoms with Gasteiger partial charge in [0.2, 0.25) is 0 Å². The Morgan fingerprint density at radius 1 is 1.40 bits per heavy atom. The van der Waals surface area contributed by atoms with Gasteiger partial charge in [-0.15, -0.1) is 5.10 Å². The van der Waals surface area contributed by atoms with Gasteiger partial charge in [0, 0.05) is 12.3 Å². The Hall–Kier alpha value is -1.79. The van der Waals surface area contributed by atoms with Crippen molar-refractivity contribution in [3.05, 3.63) is 23.5 Å². The molecular weight excluding hydrogens is 209 g/mol. The van der Waals surface area contributed by atoms with Gasteiger partial charge in [0.25, 0.3) is 0 Å². The van der Waals surface area contributed by atoms with E-state index in [9.17, 15) is 13.2 Å². The molecule has 0 spiro atoms. The number of aromatic nitrogens is 3. The summed E-state index contributed by atoms with van der Waals surface area (Å²) < 4.78 is 38.7. The lowest BCUT2D eigenvalue weighted by Crippen LogP contribution is -2.15. The smallest absolute Gasteiger partial charge is 0.382 e. The summed E-state index contributed by atoms with van der Waals surface area (Å²) in [6.07, 6.45) is -3.32. The molecule has 0 fully saturated rings. The average molecular weight is 216 g/mol. The summed E-state index contributed by atoms with van der Waals surface area (Å²) in [5, 5.41) is 3.55. The van der Waals surface area contributed by atoms with Crippen LogP contribution < -0.4 is 5.73 Å². The maximum Gasteiger partial charge on any atom is 0.433 e. The van der Waals surface area contributed by atoms with Crippen LogP contribution in [0.3, 0.4) is 0 Å². The number of nitrogens with two attached hydrogens (primary N) is 1. The zero-order valence-electron chi connectivity index (χ0n) is 7.71. The van der Waals surface area contributed by atoms with E-state index in [0.29, 0.717) is 4.52 Å². The number of aryl methyl sites for hydroxylation is 1. The first-order valence-electron chi connectivity index (χ1n) is 4.07. The first kappa shape index (κ1) is 9.75. The van der Waals surface area contributed by atoms with Crippen LogP contribution in [-0.2, 0) is 6.18 Å². The zero-order chi connectivity index (χ0) is 11.2. The largest absolute Gasteiger partial charge is 0.433 e. The second-order valence-electron chi connectivity index (χ2n) is 3.13. The quantitative estimate of drug-likeness (QED) is 0.728. The summed E-state index contributed by atoms with van der Waals surface area (Å²) in [5.41, 5.74) is 4.57. The zero-order valence-corrected chi connectivity index (χ0v) is 7.71. The van der Waals surface area contributed by atoms with E-state index in [1.807, 2.05) is 0 Å². The lowest BCUT2D eigenvalue weighted by molar-refractivity contribution is -0.143. The first-order chi connectivity index (χ1) is 6.89. The highest BCUT2D eigenvalue weighted by Gasteiger charge is 2.36. The van der Waals surface area contributed by atoms with Crippen LogP contribution in [-0.4, -0.2) is 14.6 Å². The minimum atomic E-state index is -4.47. The molecule has 0 atom stereocenters. The summed E-state index contributed by atoms with van der Waals surface area (Å²) in [5.74, 6) is 0.0126. The van der Waals surface area contributed by atoms with E-state index in [1.54, 1.807) is 0 Å². The number of rotatable bonds is 0. The minimum Gasteiger partial charge on any atom is -0.382 e. The fourth-order valence-corrected chi connectivity index (χ4v) is 1.38. The lowest BCUT2D eigenvalue weighted by Gasteiger charge is -2.10. The number of alkyl halides is 3. The molecule has 2 rings (SSSR count). The molecule has 2 heterocycles. The Balaban J connectivity index is 2.85. The number of nitrogens with zero attached hydrogens (tertiary/aromatic N) is 3. The van der Waals surface area contributed by atoms with Crippen molar-refractivity contribution in [3.8, 4) is 0 Å². The fourth-order valence-electron chi connectivity index (χ4n) is 1.38. The maximum atomic E-state index is 12.7. The number of halogens is 3. The van der Waals surface area contributed by atoms with Crippen molar-refractivity contribution in [1.29, 1.82) is 0 Å². The SMILES string of the molecule is Cc1cnc2cc(N)nn2c1C(F)(F)F. The summed E-state index contributed by atoms with van der Waals surface area (Å²) in [4.78, 5) is 3.80. The molecule has 15 heavy (non-hydrogen) atoms. The van der Waals surface area contributed by atoms with Gasteiger partial charge in [-0.3, -0.25) is 0 Å². The number of hydrogen-bond donors (Lipinski definition) is 1. The van der Waals surface area contributed by atoms with Gasteiger partial charge in [-0.05, 0) is 12.5 Å². The van der Waals surface area contributed by atoms with E-state index in [1.165, 1.54) is 13.0 Å². The highest BCUT2D eigenvalue weighted by atomic mass is 19.4. The molecule has 2 aromatic heterocycles. The topological polar surface area (TPSA) is 56.2 Å². The molecule has 0 saturated heterocycles. The van der Waals surface area contributed by atoms with Gasteiger partial charge in [-0.1, -0.05) is 0 Å². The highest BCUT2D eigenvalue weighted by Crippen LogP contribution is 2.31. The van der Waals surface area contributed by atoms with E-state index >= 15 is 0 Å². The molecule has 80 valence electrons. The molecule has 0 amide bonds. The van der Waals surface area contributed by atoms with Crippen LogP contribution in [0.4, 0.5) is 19.0 Å². The van der Waals surface area contributed by atoms with Gasteiger partial charge in [0.1, 0.15) is 5.82 Å². The monoisotopic (exact) mass is 216 g/mol. The molecular formula is C8H7F3N4. The maximum absolute atomic E-state index is 12.7. The summed E-state index contributed by atoms with van der Waals surface area (Å²) >= 11 is 0. The third-order valence-corrected chi connectivity index (χ3v) is 1.95. The van der Waals surface area contributed by atoms with Gasteiger partial charge in [-0.25, -0.2) is 9.50 Å². The van der Waals surface area contributed by atoms with Crippen LogP contribution in [0.15, 0.2) is 12.3 Å². The Kier molecular flexibility index (Phi) is 1.85. The van der Waals surface area contributed by atoms with Crippen molar-refractivity contribution >= 4 is 11.5 Å². The molecule has 0 unspecified atom stereocenters. The van der Waals surface area contributed by atoms with E-state index in [0.717, 1.165) is 6.20 Å². The van der Waals surface area contributed by atoms with Crippen molar-refractivity contribution in [2.45, 2.75) is 13.1 Å². The van der Waals surface area contributed by atoms with Crippen molar-refractivity contribution in [2.75, 3.05) is 5.73 Å². The Bertz CT molecular complexity index is 514. The van der Waals surface area contributed by atoms with Crippen LogP contribution in [0.1, 0.15) is 11.3 Å². The number of fused-ring (bicyclic) bond motifs is 1. The standard InChI is InChI=1S/C8H7F3N4/c1-4-3-13-6-2-5(12)14-15(6)7(4)8(9,10)11/h2-3H,1H3,(H2,12,14). The van der Waals surface area contributed by atoms with Crippen LogP contribution >= 0.6 is 0 Å². The normalized spacial score (nSPS) is 12.3. The molecule has 0 saturated carbocycles. The van der Waals surface area contributed by atoms with Crippen LogP contribution in [0, 0.1) is 6.92 Å². The van der Waals surface area contributed by atoms with Crippen LogP contribution in [0.2, 0.25) is 0 Å². The van der Waals surface area contributed by atoms with Crippen molar-refractivity contribution < 1.29 is 13.2 Å². The van der Waals surface area contributed by atoms with Gasteiger partial charge in [0.05, 0.1) is 0 Å². The van der Waals surface area contributed by atoms with Crippen LogP contribution in [0.25, 0.3) is 5.65 Å². The van der Waals surface area contributed by atoms with Gasteiger partial charge in [0.15, 0.2) is 11.3 Å². The lowest BCUT2D eigenvalue weighted by atomic mass is 10.2.